The lowest BCUT2D eigenvalue weighted by molar-refractivity contribution is -0.143. The van der Waals surface area contributed by atoms with Crippen LogP contribution in [-0.4, -0.2) is 23.7 Å². The Morgan fingerprint density at radius 2 is 2.25 bits per heavy atom. The van der Waals surface area contributed by atoms with Crippen molar-refractivity contribution in [3.63, 3.8) is 0 Å². The Labute approximate surface area is 96.4 Å². The molecule has 2 rings (SSSR count). The van der Waals surface area contributed by atoms with Gasteiger partial charge in [-0.25, -0.2) is 9.59 Å². The third-order valence-electron chi connectivity index (χ3n) is 2.52. The molecule has 0 aromatic heterocycles. The Balaban J connectivity index is 2.48. The van der Waals surface area contributed by atoms with Gasteiger partial charge in [-0.2, -0.15) is 0 Å². The van der Waals surface area contributed by atoms with Crippen molar-refractivity contribution in [1.82, 2.24) is 10.6 Å². The first kappa shape index (κ1) is 10.8. The molecule has 0 radical (unpaired) electrons. The van der Waals surface area contributed by atoms with Gasteiger partial charge >= 0.3 is 12.0 Å². The van der Waals surface area contributed by atoms with Crippen molar-refractivity contribution < 1.29 is 14.7 Å². The molecule has 1 heterocycles. The quantitative estimate of drug-likeness (QED) is 0.720. The molecule has 0 spiro atoms. The summed E-state index contributed by atoms with van der Waals surface area (Å²) in [5, 5.41) is 14.5. The van der Waals surface area contributed by atoms with Gasteiger partial charge in [-0.15, -0.1) is 0 Å². The normalized spacial score (nSPS) is 23.7. The number of carboxylic acid groups (broad SMARTS) is 1. The lowest BCUT2D eigenvalue weighted by Crippen LogP contribution is -2.47. The summed E-state index contributed by atoms with van der Waals surface area (Å²) in [5.41, 5.74) is -0.979. The predicted octanol–water partition coefficient (Wildman–Crippen LogP) is 0.933. The number of nitrogens with one attached hydrogen (secondary N) is 2. The molecule has 1 aromatic rings. The van der Waals surface area contributed by atoms with Crippen molar-refractivity contribution in [1.29, 1.82) is 0 Å². The van der Waals surface area contributed by atoms with E-state index in [4.69, 9.17) is 11.6 Å². The first-order valence-corrected chi connectivity index (χ1v) is 4.98. The van der Waals surface area contributed by atoms with Crippen LogP contribution in [0.3, 0.4) is 0 Å². The van der Waals surface area contributed by atoms with Crippen LogP contribution in [-0.2, 0) is 10.3 Å². The highest BCUT2D eigenvalue weighted by atomic mass is 35.5. The second kappa shape index (κ2) is 3.68. The summed E-state index contributed by atoms with van der Waals surface area (Å²) in [6.07, 6.45) is 0. The van der Waals surface area contributed by atoms with Crippen molar-refractivity contribution in [3.8, 4) is 0 Å². The fraction of sp³-hybridized carbons (Fsp3) is 0.200. The highest BCUT2D eigenvalue weighted by molar-refractivity contribution is 6.30. The molecule has 1 aliphatic heterocycles. The minimum atomic E-state index is -1.43. The van der Waals surface area contributed by atoms with Crippen LogP contribution in [0.15, 0.2) is 24.3 Å². The summed E-state index contributed by atoms with van der Waals surface area (Å²) < 4.78 is 0. The van der Waals surface area contributed by atoms with E-state index in [1.165, 1.54) is 6.07 Å². The summed E-state index contributed by atoms with van der Waals surface area (Å²) in [4.78, 5) is 22.4. The van der Waals surface area contributed by atoms with Gasteiger partial charge in [0.2, 0.25) is 0 Å². The van der Waals surface area contributed by atoms with Crippen LogP contribution in [0.1, 0.15) is 5.56 Å². The van der Waals surface area contributed by atoms with Gasteiger partial charge in [0.05, 0.1) is 6.54 Å². The number of urea groups is 1. The molecule has 16 heavy (non-hydrogen) atoms. The Hall–Kier alpha value is -1.75. The lowest BCUT2D eigenvalue weighted by atomic mass is 9.91. The molecular formula is C10H9ClN2O3. The number of aliphatic carboxylic acids is 1. The standard InChI is InChI=1S/C10H9ClN2O3/c11-7-3-1-2-6(4-7)10(8(14)15)5-12-9(16)13-10/h1-4H,5H2,(H,14,15)(H2,12,13,16). The predicted molar refractivity (Wildman–Crippen MR) is 57.3 cm³/mol. The molecule has 0 aliphatic carbocycles. The van der Waals surface area contributed by atoms with Gasteiger partial charge in [0.15, 0.2) is 5.54 Å². The SMILES string of the molecule is O=C1NCC(C(=O)O)(c2cccc(Cl)c2)N1. The van der Waals surface area contributed by atoms with Crippen LogP contribution >= 0.6 is 11.6 Å². The second-order valence-electron chi connectivity index (χ2n) is 3.53. The van der Waals surface area contributed by atoms with Crippen molar-refractivity contribution in [3.05, 3.63) is 34.9 Å². The average molecular weight is 241 g/mol. The number of benzene rings is 1. The maximum atomic E-state index is 11.3. The van der Waals surface area contributed by atoms with Crippen molar-refractivity contribution in [2.75, 3.05) is 6.54 Å². The minimum Gasteiger partial charge on any atom is -0.479 e. The largest absolute Gasteiger partial charge is 0.479 e. The van der Waals surface area contributed by atoms with Crippen molar-refractivity contribution >= 4 is 23.6 Å². The Kier molecular flexibility index (Phi) is 2.47. The summed E-state index contributed by atoms with van der Waals surface area (Å²) in [6, 6.07) is 5.94. The number of carboxylic acids is 1. The Bertz CT molecular complexity index is 463. The highest BCUT2D eigenvalue weighted by Crippen LogP contribution is 2.26. The summed E-state index contributed by atoms with van der Waals surface area (Å²) >= 11 is 5.80. The lowest BCUT2D eigenvalue weighted by Gasteiger charge is -2.23. The molecule has 1 fully saturated rings. The summed E-state index contributed by atoms with van der Waals surface area (Å²) in [5.74, 6) is -1.12. The zero-order chi connectivity index (χ0) is 11.8. The number of halogens is 1. The van der Waals surface area contributed by atoms with Crippen LogP contribution < -0.4 is 10.6 Å². The molecule has 1 aromatic carbocycles. The molecule has 0 bridgehead atoms. The number of carbonyl (C=O) groups is 2. The van der Waals surface area contributed by atoms with Gasteiger partial charge in [0.25, 0.3) is 0 Å². The van der Waals surface area contributed by atoms with E-state index in [0.29, 0.717) is 10.6 Å². The van der Waals surface area contributed by atoms with E-state index in [9.17, 15) is 14.7 Å². The van der Waals surface area contributed by atoms with Crippen molar-refractivity contribution in [2.24, 2.45) is 0 Å². The molecule has 1 aliphatic rings. The van der Waals surface area contributed by atoms with E-state index in [1.54, 1.807) is 18.2 Å². The van der Waals surface area contributed by atoms with Gasteiger partial charge in [-0.05, 0) is 17.7 Å². The molecule has 1 unspecified atom stereocenters. The molecule has 2 amide bonds. The highest BCUT2D eigenvalue weighted by Gasteiger charge is 2.46. The van der Waals surface area contributed by atoms with Gasteiger partial charge in [0, 0.05) is 5.02 Å². The second-order valence-corrected chi connectivity index (χ2v) is 3.96. The summed E-state index contributed by atoms with van der Waals surface area (Å²) in [7, 11) is 0. The van der Waals surface area contributed by atoms with E-state index in [1.807, 2.05) is 0 Å². The number of carbonyl (C=O) groups excluding carboxylic acids is 1. The van der Waals surface area contributed by atoms with Gasteiger partial charge in [-0.1, -0.05) is 23.7 Å². The van der Waals surface area contributed by atoms with Crippen LogP contribution in [0, 0.1) is 0 Å². The van der Waals surface area contributed by atoms with Gasteiger partial charge in [-0.3, -0.25) is 0 Å². The number of amides is 2. The molecular weight excluding hydrogens is 232 g/mol. The van der Waals surface area contributed by atoms with Crippen LogP contribution in [0.25, 0.3) is 0 Å². The fourth-order valence-electron chi connectivity index (χ4n) is 1.68. The Morgan fingerprint density at radius 3 is 2.75 bits per heavy atom. The summed E-state index contributed by atoms with van der Waals surface area (Å²) in [6.45, 7) is 0.00150. The zero-order valence-electron chi connectivity index (χ0n) is 8.16. The molecule has 1 saturated heterocycles. The maximum Gasteiger partial charge on any atom is 0.336 e. The first-order chi connectivity index (χ1) is 7.54. The van der Waals surface area contributed by atoms with E-state index >= 15 is 0 Å². The van der Waals surface area contributed by atoms with Gasteiger partial charge in [0.1, 0.15) is 0 Å². The minimum absolute atomic E-state index is 0.00150. The molecule has 84 valence electrons. The van der Waals surface area contributed by atoms with E-state index in [0.717, 1.165) is 0 Å². The molecule has 5 nitrogen and oxygen atoms in total. The third-order valence-corrected chi connectivity index (χ3v) is 2.76. The fourth-order valence-corrected chi connectivity index (χ4v) is 1.87. The number of hydrogen-bond donors (Lipinski definition) is 3. The van der Waals surface area contributed by atoms with E-state index in [2.05, 4.69) is 10.6 Å². The average Bonchev–Trinajstić information content (AvgIpc) is 2.62. The van der Waals surface area contributed by atoms with Crippen LogP contribution in [0.4, 0.5) is 4.79 Å². The maximum absolute atomic E-state index is 11.3. The molecule has 1 atom stereocenters. The molecule has 0 saturated carbocycles. The molecule has 3 N–H and O–H groups in total. The molecule has 6 heteroatoms. The van der Waals surface area contributed by atoms with E-state index in [-0.39, 0.29) is 6.54 Å². The van der Waals surface area contributed by atoms with Crippen molar-refractivity contribution in [2.45, 2.75) is 5.54 Å². The van der Waals surface area contributed by atoms with Crippen LogP contribution in [0.2, 0.25) is 5.02 Å². The van der Waals surface area contributed by atoms with Crippen LogP contribution in [0.5, 0.6) is 0 Å². The smallest absolute Gasteiger partial charge is 0.336 e. The zero-order valence-corrected chi connectivity index (χ0v) is 8.91. The monoisotopic (exact) mass is 240 g/mol. The van der Waals surface area contributed by atoms with E-state index < -0.39 is 17.5 Å². The Morgan fingerprint density at radius 1 is 1.50 bits per heavy atom. The number of hydrogen-bond acceptors (Lipinski definition) is 2. The topological polar surface area (TPSA) is 78.4 Å². The van der Waals surface area contributed by atoms with Gasteiger partial charge < -0.3 is 15.7 Å². The first-order valence-electron chi connectivity index (χ1n) is 4.60. The third kappa shape index (κ3) is 1.59. The number of rotatable bonds is 2.